The molecule has 2 amide bonds. The maximum atomic E-state index is 13.1. The summed E-state index contributed by atoms with van der Waals surface area (Å²) in [6.07, 6.45) is 8.05. The zero-order valence-corrected chi connectivity index (χ0v) is 22.2. The van der Waals surface area contributed by atoms with Crippen molar-refractivity contribution in [1.82, 2.24) is 16.0 Å². The van der Waals surface area contributed by atoms with Crippen molar-refractivity contribution in [2.45, 2.75) is 87.9 Å². The number of amides is 2. The number of thioether (sulfide) groups is 1. The normalized spacial score (nSPS) is 19.5. The number of nitrogens with one attached hydrogen (secondary N) is 3. The van der Waals surface area contributed by atoms with Gasteiger partial charge in [-0.15, -0.1) is 11.8 Å². The maximum absolute atomic E-state index is 13.1. The highest BCUT2D eigenvalue weighted by atomic mass is 32.2. The van der Waals surface area contributed by atoms with Gasteiger partial charge in [0.1, 0.15) is 17.8 Å². The zero-order chi connectivity index (χ0) is 25.7. The molecule has 8 nitrogen and oxygen atoms in total. The van der Waals surface area contributed by atoms with E-state index in [1.807, 2.05) is 32.0 Å². The molecule has 0 bridgehead atoms. The number of methoxy groups -OCH3 is 1. The molecule has 0 spiro atoms. The molecule has 0 aliphatic carbocycles. The number of esters is 1. The first-order valence-electron chi connectivity index (χ1n) is 12.5. The number of ether oxygens (including phenoxy) is 2. The van der Waals surface area contributed by atoms with Crippen LogP contribution in [0.5, 0.6) is 5.75 Å². The van der Waals surface area contributed by atoms with E-state index in [-0.39, 0.29) is 12.5 Å². The van der Waals surface area contributed by atoms with Crippen molar-refractivity contribution in [3.63, 3.8) is 0 Å². The van der Waals surface area contributed by atoms with Crippen LogP contribution in [0.1, 0.15) is 65.7 Å². The molecule has 1 fully saturated rings. The number of hydrogen-bond donors (Lipinski definition) is 3. The van der Waals surface area contributed by atoms with Gasteiger partial charge in [-0.2, -0.15) is 0 Å². The molecule has 35 heavy (non-hydrogen) atoms. The quantitative estimate of drug-likeness (QED) is 0.247. The molecular weight excluding hydrogens is 466 g/mol. The van der Waals surface area contributed by atoms with Gasteiger partial charge in [-0.25, -0.2) is 0 Å². The number of rotatable bonds is 15. The Hall–Kier alpha value is -2.26. The second kappa shape index (κ2) is 15.0. The predicted molar refractivity (Wildman–Crippen MR) is 139 cm³/mol. The van der Waals surface area contributed by atoms with Crippen molar-refractivity contribution in [1.29, 1.82) is 0 Å². The van der Waals surface area contributed by atoms with E-state index in [1.54, 1.807) is 12.1 Å². The number of carbonyl (C=O) groups is 3. The Morgan fingerprint density at radius 1 is 1.06 bits per heavy atom. The zero-order valence-electron chi connectivity index (χ0n) is 21.4. The smallest absolute Gasteiger partial charge is 0.324 e. The summed E-state index contributed by atoms with van der Waals surface area (Å²) in [5.41, 5.74) is 0. The van der Waals surface area contributed by atoms with Crippen LogP contribution in [0.25, 0.3) is 0 Å². The van der Waals surface area contributed by atoms with Gasteiger partial charge in [0, 0.05) is 11.3 Å². The molecule has 0 radical (unpaired) electrons. The lowest BCUT2D eigenvalue weighted by Gasteiger charge is -2.24. The average Bonchev–Trinajstić information content (AvgIpc) is 3.17. The third-order valence-corrected chi connectivity index (χ3v) is 7.49. The van der Waals surface area contributed by atoms with E-state index < -0.39 is 34.1 Å². The Kier molecular flexibility index (Phi) is 12.4. The van der Waals surface area contributed by atoms with Gasteiger partial charge in [0.15, 0.2) is 6.61 Å². The van der Waals surface area contributed by atoms with Gasteiger partial charge >= 0.3 is 5.97 Å². The Labute approximate surface area is 213 Å². The van der Waals surface area contributed by atoms with Gasteiger partial charge in [0.05, 0.1) is 12.5 Å². The van der Waals surface area contributed by atoms with Crippen molar-refractivity contribution in [2.75, 3.05) is 20.3 Å². The molecular formula is C26H41N3O5S. The summed E-state index contributed by atoms with van der Waals surface area (Å²) in [5.74, 6) is -0.518. The second-order valence-electron chi connectivity index (χ2n) is 9.32. The Morgan fingerprint density at radius 2 is 1.71 bits per heavy atom. The molecule has 9 heteroatoms. The average molecular weight is 508 g/mol. The fraction of sp³-hybridized carbons (Fsp3) is 0.654. The van der Waals surface area contributed by atoms with Crippen LogP contribution in [0.3, 0.4) is 0 Å². The van der Waals surface area contributed by atoms with Crippen LogP contribution in [0.4, 0.5) is 0 Å². The molecule has 1 aromatic carbocycles. The third kappa shape index (κ3) is 9.72. The lowest BCUT2D eigenvalue weighted by molar-refractivity contribution is -0.143. The molecule has 1 aliphatic heterocycles. The molecule has 3 N–H and O–H groups in total. The van der Waals surface area contributed by atoms with E-state index in [0.717, 1.165) is 19.3 Å². The molecule has 1 heterocycles. The van der Waals surface area contributed by atoms with Crippen LogP contribution in [-0.2, 0) is 19.1 Å². The summed E-state index contributed by atoms with van der Waals surface area (Å²) in [6.45, 7) is 6.36. The van der Waals surface area contributed by atoms with Crippen molar-refractivity contribution >= 4 is 29.5 Å². The number of hydrogen-bond acceptors (Lipinski definition) is 7. The van der Waals surface area contributed by atoms with Gasteiger partial charge in [0.25, 0.3) is 5.91 Å². The molecule has 1 saturated heterocycles. The number of benzene rings is 1. The van der Waals surface area contributed by atoms with Crippen LogP contribution >= 0.6 is 11.8 Å². The monoisotopic (exact) mass is 507 g/mol. The summed E-state index contributed by atoms with van der Waals surface area (Å²) in [4.78, 5) is 38.1. The number of para-hydroxylation sites is 1. The van der Waals surface area contributed by atoms with E-state index >= 15 is 0 Å². The first kappa shape index (κ1) is 29.0. The number of unbranched alkanes of at least 4 members (excludes halogenated alkanes) is 6. The first-order chi connectivity index (χ1) is 16.8. The topological polar surface area (TPSA) is 106 Å². The van der Waals surface area contributed by atoms with Crippen LogP contribution < -0.4 is 20.7 Å². The van der Waals surface area contributed by atoms with Gasteiger partial charge in [0.2, 0.25) is 5.91 Å². The highest BCUT2D eigenvalue weighted by molar-refractivity contribution is 8.01. The molecule has 0 unspecified atom stereocenters. The fourth-order valence-corrected chi connectivity index (χ4v) is 5.48. The standard InChI is InChI=1S/C26H41N3O5S/c1-5-6-7-8-9-10-14-17-27-23(31)21(24-29-22(25(32)33-4)26(2,3)35-24)28-20(30)18-34-19-15-12-11-13-16-19/h11-13,15-16,21-22,24,29H,5-10,14,17-18H2,1-4H3,(H,27,31)(H,28,30)/t21-,22+,24-/m1/s1. The summed E-state index contributed by atoms with van der Waals surface area (Å²) in [5, 5.41) is 8.47. The molecule has 1 aromatic rings. The van der Waals surface area contributed by atoms with Crippen LogP contribution in [0, 0.1) is 0 Å². The van der Waals surface area contributed by atoms with Crippen molar-refractivity contribution < 1.29 is 23.9 Å². The van der Waals surface area contributed by atoms with Crippen LogP contribution in [0.15, 0.2) is 30.3 Å². The van der Waals surface area contributed by atoms with Gasteiger partial charge < -0.3 is 20.1 Å². The summed E-state index contributed by atoms with van der Waals surface area (Å²) < 4.78 is 9.95. The second-order valence-corrected chi connectivity index (χ2v) is 11.1. The Bertz CT molecular complexity index is 805. The molecule has 0 saturated carbocycles. The Morgan fingerprint density at radius 3 is 2.37 bits per heavy atom. The SMILES string of the molecule is CCCCCCCCCNC(=O)[C@@H](NC(=O)COc1ccccc1)[C@@H]1N[C@@H](C(=O)OC)C(C)(C)S1. The van der Waals surface area contributed by atoms with E-state index in [2.05, 4.69) is 22.9 Å². The van der Waals surface area contributed by atoms with E-state index in [1.165, 1.54) is 44.6 Å². The summed E-state index contributed by atoms with van der Waals surface area (Å²) in [6, 6.07) is 7.56. The molecule has 0 aromatic heterocycles. The van der Waals surface area contributed by atoms with Crippen LogP contribution in [-0.4, -0.2) is 60.2 Å². The highest BCUT2D eigenvalue weighted by Gasteiger charge is 2.49. The van der Waals surface area contributed by atoms with Gasteiger partial charge in [-0.1, -0.05) is 63.6 Å². The van der Waals surface area contributed by atoms with Crippen LogP contribution in [0.2, 0.25) is 0 Å². The van der Waals surface area contributed by atoms with Gasteiger partial charge in [-0.05, 0) is 32.4 Å². The molecule has 196 valence electrons. The molecule has 1 aliphatic rings. The summed E-state index contributed by atoms with van der Waals surface area (Å²) in [7, 11) is 1.34. The molecule has 3 atom stereocenters. The van der Waals surface area contributed by atoms with Gasteiger partial charge in [-0.3, -0.25) is 19.7 Å². The predicted octanol–water partition coefficient (Wildman–Crippen LogP) is 3.40. The lowest BCUT2D eigenvalue weighted by Crippen LogP contribution is -2.57. The third-order valence-electron chi connectivity index (χ3n) is 5.99. The first-order valence-corrected chi connectivity index (χ1v) is 13.4. The number of carbonyl (C=O) groups excluding carboxylic acids is 3. The maximum Gasteiger partial charge on any atom is 0.324 e. The largest absolute Gasteiger partial charge is 0.484 e. The minimum absolute atomic E-state index is 0.216. The minimum Gasteiger partial charge on any atom is -0.484 e. The van der Waals surface area contributed by atoms with E-state index in [9.17, 15) is 14.4 Å². The Balaban J connectivity index is 1.95. The van der Waals surface area contributed by atoms with Crippen molar-refractivity contribution in [2.24, 2.45) is 0 Å². The minimum atomic E-state index is -0.870. The van der Waals surface area contributed by atoms with E-state index in [0.29, 0.717) is 12.3 Å². The highest BCUT2D eigenvalue weighted by Crippen LogP contribution is 2.39. The lowest BCUT2D eigenvalue weighted by atomic mass is 10.0. The fourth-order valence-electron chi connectivity index (χ4n) is 3.99. The van der Waals surface area contributed by atoms with Crippen molar-refractivity contribution in [3.8, 4) is 5.75 Å². The van der Waals surface area contributed by atoms with E-state index in [4.69, 9.17) is 9.47 Å². The molecule has 2 rings (SSSR count). The van der Waals surface area contributed by atoms with Crippen molar-refractivity contribution in [3.05, 3.63) is 30.3 Å². The summed E-state index contributed by atoms with van der Waals surface area (Å²) >= 11 is 1.44.